The summed E-state index contributed by atoms with van der Waals surface area (Å²) in [6.07, 6.45) is 1.68. The number of pyridine rings is 1. The largest absolute Gasteiger partial charge is 0.497 e. The molecular weight excluding hydrogens is 332 g/mol. The number of fused-ring (bicyclic) bond motifs is 2. The van der Waals surface area contributed by atoms with Crippen molar-refractivity contribution in [3.8, 4) is 17.2 Å². The molecule has 1 aromatic heterocycles. The lowest BCUT2D eigenvalue weighted by molar-refractivity contribution is 0.0962. The molecule has 1 N–H and O–H groups in total. The molecule has 0 aliphatic carbocycles. The van der Waals surface area contributed by atoms with E-state index in [1.165, 1.54) is 0 Å². The minimum Gasteiger partial charge on any atom is -0.497 e. The molecule has 3 aromatic rings. The van der Waals surface area contributed by atoms with Crippen LogP contribution < -0.4 is 19.5 Å². The highest BCUT2D eigenvalue weighted by molar-refractivity contribution is 6.08. The standard InChI is InChI=1S/C20H18N2O4/c1-24-13-7-5-12(6-8-13)11-26-19-16-15(10-22-20(16)23)18(25-2)14-4-3-9-21-17(14)19/h3-9H,10-11H2,1-2H3,(H,22,23). The van der Waals surface area contributed by atoms with Gasteiger partial charge in [0.1, 0.15) is 23.6 Å². The molecule has 6 heteroatoms. The van der Waals surface area contributed by atoms with E-state index in [1.54, 1.807) is 20.4 Å². The SMILES string of the molecule is COc1ccc(COc2c3c(c(OC)c4cccnc24)CNC3=O)cc1. The highest BCUT2D eigenvalue weighted by Crippen LogP contribution is 2.42. The van der Waals surface area contributed by atoms with Crippen molar-refractivity contribution in [2.45, 2.75) is 13.2 Å². The van der Waals surface area contributed by atoms with Crippen LogP contribution in [0.25, 0.3) is 10.9 Å². The van der Waals surface area contributed by atoms with E-state index in [2.05, 4.69) is 10.3 Å². The minimum absolute atomic E-state index is 0.171. The lowest BCUT2D eigenvalue weighted by Crippen LogP contribution is -2.13. The third-order valence-electron chi connectivity index (χ3n) is 4.47. The Bertz CT molecular complexity index is 983. The Labute approximate surface area is 150 Å². The summed E-state index contributed by atoms with van der Waals surface area (Å²) in [7, 11) is 3.23. The molecule has 2 heterocycles. The molecular formula is C20H18N2O4. The van der Waals surface area contributed by atoms with Gasteiger partial charge in [-0.2, -0.15) is 0 Å². The van der Waals surface area contributed by atoms with E-state index >= 15 is 0 Å². The maximum atomic E-state index is 12.4. The van der Waals surface area contributed by atoms with Gasteiger partial charge in [-0.05, 0) is 29.8 Å². The predicted molar refractivity (Wildman–Crippen MR) is 96.8 cm³/mol. The molecule has 26 heavy (non-hydrogen) atoms. The predicted octanol–water partition coefficient (Wildman–Crippen LogP) is 3.07. The first-order chi connectivity index (χ1) is 12.7. The quantitative estimate of drug-likeness (QED) is 0.766. The molecule has 1 aliphatic heterocycles. The second-order valence-electron chi connectivity index (χ2n) is 5.93. The van der Waals surface area contributed by atoms with Crippen LogP contribution in [0.5, 0.6) is 17.2 Å². The van der Waals surface area contributed by atoms with Crippen LogP contribution in [-0.4, -0.2) is 25.1 Å². The summed E-state index contributed by atoms with van der Waals surface area (Å²) < 4.78 is 16.8. The van der Waals surface area contributed by atoms with E-state index in [9.17, 15) is 4.79 Å². The van der Waals surface area contributed by atoms with E-state index in [0.29, 0.717) is 35.7 Å². The Kier molecular flexibility index (Phi) is 4.08. The number of ether oxygens (including phenoxy) is 3. The molecule has 1 aliphatic rings. The fourth-order valence-corrected chi connectivity index (χ4v) is 3.22. The number of methoxy groups -OCH3 is 2. The average molecular weight is 350 g/mol. The number of carbonyl (C=O) groups is 1. The van der Waals surface area contributed by atoms with Crippen LogP contribution in [0.4, 0.5) is 0 Å². The summed E-state index contributed by atoms with van der Waals surface area (Å²) >= 11 is 0. The fourth-order valence-electron chi connectivity index (χ4n) is 3.22. The van der Waals surface area contributed by atoms with Crippen LogP contribution in [0.3, 0.4) is 0 Å². The number of amides is 1. The van der Waals surface area contributed by atoms with Gasteiger partial charge in [0.15, 0.2) is 5.75 Å². The number of hydrogen-bond acceptors (Lipinski definition) is 5. The summed E-state index contributed by atoms with van der Waals surface area (Å²) in [6, 6.07) is 11.4. The zero-order chi connectivity index (χ0) is 18.1. The second-order valence-corrected chi connectivity index (χ2v) is 5.93. The van der Waals surface area contributed by atoms with Crippen LogP contribution in [0.15, 0.2) is 42.6 Å². The zero-order valence-electron chi connectivity index (χ0n) is 14.5. The van der Waals surface area contributed by atoms with Crippen molar-refractivity contribution >= 4 is 16.8 Å². The number of nitrogens with zero attached hydrogens (tertiary/aromatic N) is 1. The van der Waals surface area contributed by atoms with Gasteiger partial charge in [0.05, 0.1) is 19.8 Å². The van der Waals surface area contributed by atoms with Gasteiger partial charge in [0, 0.05) is 23.7 Å². The molecule has 6 nitrogen and oxygen atoms in total. The van der Waals surface area contributed by atoms with Crippen molar-refractivity contribution in [2.75, 3.05) is 14.2 Å². The van der Waals surface area contributed by atoms with Crippen molar-refractivity contribution in [3.63, 3.8) is 0 Å². The van der Waals surface area contributed by atoms with Gasteiger partial charge in [-0.1, -0.05) is 12.1 Å². The van der Waals surface area contributed by atoms with Crippen molar-refractivity contribution in [1.29, 1.82) is 0 Å². The van der Waals surface area contributed by atoms with Crippen LogP contribution in [-0.2, 0) is 13.2 Å². The van der Waals surface area contributed by atoms with Gasteiger partial charge in [-0.25, -0.2) is 0 Å². The number of carbonyl (C=O) groups excluding carboxylic acids is 1. The van der Waals surface area contributed by atoms with E-state index in [0.717, 1.165) is 22.3 Å². The number of aromatic nitrogens is 1. The van der Waals surface area contributed by atoms with Gasteiger partial charge >= 0.3 is 0 Å². The number of nitrogens with one attached hydrogen (secondary N) is 1. The summed E-state index contributed by atoms with van der Waals surface area (Å²) in [5.41, 5.74) is 2.90. The second kappa shape index (κ2) is 6.55. The summed E-state index contributed by atoms with van der Waals surface area (Å²) in [4.78, 5) is 16.8. The first-order valence-electron chi connectivity index (χ1n) is 8.24. The van der Waals surface area contributed by atoms with Crippen LogP contribution in [0, 0.1) is 0 Å². The molecule has 132 valence electrons. The van der Waals surface area contributed by atoms with Crippen LogP contribution >= 0.6 is 0 Å². The number of rotatable bonds is 5. The smallest absolute Gasteiger partial charge is 0.255 e. The van der Waals surface area contributed by atoms with E-state index < -0.39 is 0 Å². The maximum absolute atomic E-state index is 12.4. The highest BCUT2D eigenvalue weighted by atomic mass is 16.5. The van der Waals surface area contributed by atoms with Crippen LogP contribution in [0.1, 0.15) is 21.5 Å². The Balaban J connectivity index is 1.78. The molecule has 0 spiro atoms. The third kappa shape index (κ3) is 2.60. The van der Waals surface area contributed by atoms with Gasteiger partial charge in [-0.15, -0.1) is 0 Å². The minimum atomic E-state index is -0.171. The monoisotopic (exact) mass is 350 g/mol. The lowest BCUT2D eigenvalue weighted by Gasteiger charge is -2.16. The Hall–Kier alpha value is -3.28. The van der Waals surface area contributed by atoms with E-state index in [1.807, 2.05) is 36.4 Å². The zero-order valence-corrected chi connectivity index (χ0v) is 14.5. The van der Waals surface area contributed by atoms with Crippen molar-refractivity contribution in [3.05, 3.63) is 59.3 Å². The fraction of sp³-hybridized carbons (Fsp3) is 0.200. The van der Waals surface area contributed by atoms with Gasteiger partial charge < -0.3 is 19.5 Å². The highest BCUT2D eigenvalue weighted by Gasteiger charge is 2.31. The van der Waals surface area contributed by atoms with Gasteiger partial charge in [-0.3, -0.25) is 9.78 Å². The Morgan fingerprint density at radius 2 is 1.88 bits per heavy atom. The van der Waals surface area contributed by atoms with Gasteiger partial charge in [0.25, 0.3) is 5.91 Å². The summed E-state index contributed by atoms with van der Waals surface area (Å²) in [5, 5.41) is 3.67. The van der Waals surface area contributed by atoms with Crippen LogP contribution in [0.2, 0.25) is 0 Å². The first kappa shape index (κ1) is 16.2. The molecule has 4 rings (SSSR count). The molecule has 0 saturated heterocycles. The maximum Gasteiger partial charge on any atom is 0.255 e. The molecule has 0 bridgehead atoms. The van der Waals surface area contributed by atoms with Crippen molar-refractivity contribution in [2.24, 2.45) is 0 Å². The summed E-state index contributed by atoms with van der Waals surface area (Å²) in [6.45, 7) is 0.739. The lowest BCUT2D eigenvalue weighted by atomic mass is 10.0. The Morgan fingerprint density at radius 1 is 1.08 bits per heavy atom. The molecule has 0 fully saturated rings. The van der Waals surface area contributed by atoms with Crippen molar-refractivity contribution < 1.29 is 19.0 Å². The molecule has 0 unspecified atom stereocenters. The Morgan fingerprint density at radius 3 is 2.62 bits per heavy atom. The number of benzene rings is 2. The molecule has 0 radical (unpaired) electrons. The normalized spacial score (nSPS) is 12.6. The average Bonchev–Trinajstić information content (AvgIpc) is 3.07. The van der Waals surface area contributed by atoms with Gasteiger partial charge in [0.2, 0.25) is 0 Å². The first-order valence-corrected chi connectivity index (χ1v) is 8.24. The molecule has 0 atom stereocenters. The molecule has 0 saturated carbocycles. The van der Waals surface area contributed by atoms with E-state index in [-0.39, 0.29) is 5.91 Å². The van der Waals surface area contributed by atoms with Crippen molar-refractivity contribution in [1.82, 2.24) is 10.3 Å². The van der Waals surface area contributed by atoms with E-state index in [4.69, 9.17) is 14.2 Å². The third-order valence-corrected chi connectivity index (χ3v) is 4.47. The number of hydrogen-bond donors (Lipinski definition) is 1. The summed E-state index contributed by atoms with van der Waals surface area (Å²) in [5.74, 6) is 1.77. The topological polar surface area (TPSA) is 69.7 Å². The molecule has 1 amide bonds. The molecule has 2 aromatic carbocycles.